The van der Waals surface area contributed by atoms with E-state index in [2.05, 4.69) is 11.8 Å². The lowest BCUT2D eigenvalue weighted by Gasteiger charge is -2.31. The summed E-state index contributed by atoms with van der Waals surface area (Å²) in [6, 6.07) is 7.00. The van der Waals surface area contributed by atoms with Crippen molar-refractivity contribution in [3.63, 3.8) is 0 Å². The van der Waals surface area contributed by atoms with E-state index in [1.807, 2.05) is 6.07 Å². The highest BCUT2D eigenvalue weighted by molar-refractivity contribution is 5.37. The predicted octanol–water partition coefficient (Wildman–Crippen LogP) is 1.49. The van der Waals surface area contributed by atoms with Gasteiger partial charge >= 0.3 is 0 Å². The molecule has 0 bridgehead atoms. The van der Waals surface area contributed by atoms with E-state index in [-0.39, 0.29) is 11.9 Å². The Balaban J connectivity index is 1.84. The standard InChI is InChI=1S/C13H19NO3/c1-2-14-7-8-16-11(9-14)10-17-13-6-4-3-5-12(13)15/h3-6,11,15H,2,7-10H2,1H3. The summed E-state index contributed by atoms with van der Waals surface area (Å²) >= 11 is 0. The van der Waals surface area contributed by atoms with Crippen molar-refractivity contribution in [2.24, 2.45) is 0 Å². The molecule has 0 aliphatic carbocycles. The fourth-order valence-corrected chi connectivity index (χ4v) is 1.93. The van der Waals surface area contributed by atoms with Crippen molar-refractivity contribution in [2.75, 3.05) is 32.8 Å². The van der Waals surface area contributed by atoms with Gasteiger partial charge in [-0.1, -0.05) is 19.1 Å². The zero-order chi connectivity index (χ0) is 12.1. The van der Waals surface area contributed by atoms with Crippen molar-refractivity contribution < 1.29 is 14.6 Å². The van der Waals surface area contributed by atoms with Crippen LogP contribution in [0.1, 0.15) is 6.92 Å². The Morgan fingerprint density at radius 1 is 1.47 bits per heavy atom. The molecule has 0 saturated carbocycles. The monoisotopic (exact) mass is 237 g/mol. The average molecular weight is 237 g/mol. The Hall–Kier alpha value is -1.26. The number of para-hydroxylation sites is 2. The average Bonchev–Trinajstić information content (AvgIpc) is 2.38. The highest BCUT2D eigenvalue weighted by Gasteiger charge is 2.20. The zero-order valence-electron chi connectivity index (χ0n) is 10.1. The van der Waals surface area contributed by atoms with Crippen LogP contribution in [0, 0.1) is 0 Å². The molecule has 1 aromatic carbocycles. The van der Waals surface area contributed by atoms with Gasteiger partial charge in [0.15, 0.2) is 11.5 Å². The number of aromatic hydroxyl groups is 1. The molecule has 2 rings (SSSR count). The van der Waals surface area contributed by atoms with Gasteiger partial charge in [-0.2, -0.15) is 0 Å². The van der Waals surface area contributed by atoms with Crippen LogP contribution in [0.2, 0.25) is 0 Å². The van der Waals surface area contributed by atoms with E-state index in [0.717, 1.165) is 26.2 Å². The molecule has 4 nitrogen and oxygen atoms in total. The molecule has 0 amide bonds. The second-order valence-electron chi connectivity index (χ2n) is 4.16. The summed E-state index contributed by atoms with van der Waals surface area (Å²) in [6.07, 6.45) is 0.0864. The summed E-state index contributed by atoms with van der Waals surface area (Å²) in [5.74, 6) is 0.695. The van der Waals surface area contributed by atoms with Crippen molar-refractivity contribution in [1.29, 1.82) is 0 Å². The summed E-state index contributed by atoms with van der Waals surface area (Å²) in [4.78, 5) is 2.34. The van der Waals surface area contributed by atoms with E-state index >= 15 is 0 Å². The maximum absolute atomic E-state index is 9.56. The van der Waals surface area contributed by atoms with Gasteiger partial charge in [0.1, 0.15) is 12.7 Å². The Morgan fingerprint density at radius 2 is 2.29 bits per heavy atom. The van der Waals surface area contributed by atoms with Crippen molar-refractivity contribution >= 4 is 0 Å². The molecule has 1 aliphatic rings. The van der Waals surface area contributed by atoms with E-state index in [1.54, 1.807) is 18.2 Å². The number of hydrogen-bond acceptors (Lipinski definition) is 4. The second kappa shape index (κ2) is 5.89. The van der Waals surface area contributed by atoms with Crippen LogP contribution < -0.4 is 4.74 Å². The summed E-state index contributed by atoms with van der Waals surface area (Å²) in [6.45, 7) is 6.30. The molecule has 1 unspecified atom stereocenters. The SMILES string of the molecule is CCN1CCOC(COc2ccccc2O)C1. The quantitative estimate of drug-likeness (QED) is 0.861. The largest absolute Gasteiger partial charge is 0.504 e. The molecule has 4 heteroatoms. The molecular weight excluding hydrogens is 218 g/mol. The van der Waals surface area contributed by atoms with E-state index in [9.17, 15) is 5.11 Å². The molecule has 1 aromatic rings. The molecule has 1 saturated heterocycles. The minimum Gasteiger partial charge on any atom is -0.504 e. The third-order valence-electron chi connectivity index (χ3n) is 2.96. The van der Waals surface area contributed by atoms with E-state index < -0.39 is 0 Å². The normalized spacial score (nSPS) is 21.4. The molecule has 0 aromatic heterocycles. The van der Waals surface area contributed by atoms with Crippen LogP contribution >= 0.6 is 0 Å². The van der Waals surface area contributed by atoms with Crippen molar-refractivity contribution in [3.8, 4) is 11.5 Å². The molecule has 94 valence electrons. The van der Waals surface area contributed by atoms with Crippen molar-refractivity contribution in [1.82, 2.24) is 4.90 Å². The highest BCUT2D eigenvalue weighted by atomic mass is 16.5. The minimum atomic E-state index is 0.0864. The summed E-state index contributed by atoms with van der Waals surface area (Å²) in [7, 11) is 0. The van der Waals surface area contributed by atoms with E-state index in [1.165, 1.54) is 0 Å². The zero-order valence-corrected chi connectivity index (χ0v) is 10.1. The number of phenolic OH excluding ortho intramolecular Hbond substituents is 1. The molecule has 0 radical (unpaired) electrons. The summed E-state index contributed by atoms with van der Waals surface area (Å²) in [5.41, 5.74) is 0. The topological polar surface area (TPSA) is 41.9 Å². The van der Waals surface area contributed by atoms with Crippen molar-refractivity contribution in [3.05, 3.63) is 24.3 Å². The lowest BCUT2D eigenvalue weighted by molar-refractivity contribution is -0.0466. The molecule has 0 spiro atoms. The Kier molecular flexibility index (Phi) is 4.23. The molecule has 1 aliphatic heterocycles. The van der Waals surface area contributed by atoms with Crippen LogP contribution in [0.3, 0.4) is 0 Å². The summed E-state index contributed by atoms with van der Waals surface area (Å²) in [5, 5.41) is 9.56. The van der Waals surface area contributed by atoms with E-state index in [4.69, 9.17) is 9.47 Å². The van der Waals surface area contributed by atoms with E-state index in [0.29, 0.717) is 12.4 Å². The molecule has 1 atom stereocenters. The smallest absolute Gasteiger partial charge is 0.161 e. The van der Waals surface area contributed by atoms with Gasteiger partial charge in [0.05, 0.1) is 6.61 Å². The fourth-order valence-electron chi connectivity index (χ4n) is 1.93. The number of hydrogen-bond donors (Lipinski definition) is 1. The number of ether oxygens (including phenoxy) is 2. The second-order valence-corrected chi connectivity index (χ2v) is 4.16. The minimum absolute atomic E-state index is 0.0864. The van der Waals surface area contributed by atoms with Gasteiger partial charge in [0.2, 0.25) is 0 Å². The molecule has 1 fully saturated rings. The van der Waals surface area contributed by atoms with Crippen LogP contribution in [-0.2, 0) is 4.74 Å². The number of rotatable bonds is 4. The molecule has 1 N–H and O–H groups in total. The van der Waals surface area contributed by atoms with Crippen LogP contribution in [0.25, 0.3) is 0 Å². The first-order valence-electron chi connectivity index (χ1n) is 6.04. The molecule has 1 heterocycles. The van der Waals surface area contributed by atoms with Gasteiger partial charge in [0, 0.05) is 13.1 Å². The Bertz CT molecular complexity index is 356. The Labute approximate surface area is 102 Å². The number of likely N-dealkylation sites (N-methyl/N-ethyl adjacent to an activating group) is 1. The lowest BCUT2D eigenvalue weighted by Crippen LogP contribution is -2.44. The van der Waals surface area contributed by atoms with Crippen LogP contribution in [0.5, 0.6) is 11.5 Å². The highest BCUT2D eigenvalue weighted by Crippen LogP contribution is 2.24. The Morgan fingerprint density at radius 3 is 3.06 bits per heavy atom. The lowest BCUT2D eigenvalue weighted by atomic mass is 10.3. The molecular formula is C13H19NO3. The first-order chi connectivity index (χ1) is 8.29. The first-order valence-corrected chi connectivity index (χ1v) is 6.04. The maximum atomic E-state index is 9.56. The fraction of sp³-hybridized carbons (Fsp3) is 0.538. The third-order valence-corrected chi connectivity index (χ3v) is 2.96. The number of phenols is 1. The number of benzene rings is 1. The van der Waals surface area contributed by atoms with Gasteiger partial charge < -0.3 is 14.6 Å². The van der Waals surface area contributed by atoms with Crippen LogP contribution in [-0.4, -0.2) is 49.0 Å². The van der Waals surface area contributed by atoms with Crippen LogP contribution in [0.15, 0.2) is 24.3 Å². The maximum Gasteiger partial charge on any atom is 0.161 e. The van der Waals surface area contributed by atoms with Gasteiger partial charge in [-0.3, -0.25) is 4.90 Å². The van der Waals surface area contributed by atoms with Gasteiger partial charge in [-0.05, 0) is 18.7 Å². The van der Waals surface area contributed by atoms with Gasteiger partial charge in [0.25, 0.3) is 0 Å². The molecule has 17 heavy (non-hydrogen) atoms. The van der Waals surface area contributed by atoms with Gasteiger partial charge in [-0.15, -0.1) is 0 Å². The van der Waals surface area contributed by atoms with Crippen LogP contribution in [0.4, 0.5) is 0 Å². The first kappa shape index (κ1) is 12.2. The number of morpholine rings is 1. The number of nitrogens with zero attached hydrogens (tertiary/aromatic N) is 1. The third kappa shape index (κ3) is 3.35. The predicted molar refractivity (Wildman–Crippen MR) is 65.5 cm³/mol. The van der Waals surface area contributed by atoms with Gasteiger partial charge in [-0.25, -0.2) is 0 Å². The summed E-state index contributed by atoms with van der Waals surface area (Å²) < 4.78 is 11.2. The van der Waals surface area contributed by atoms with Crippen molar-refractivity contribution in [2.45, 2.75) is 13.0 Å².